The van der Waals surface area contributed by atoms with Crippen LogP contribution in [-0.2, 0) is 80.3 Å². The number of ether oxygens (including phenoxy) is 1. The van der Waals surface area contributed by atoms with E-state index in [1.165, 1.54) is 32.8 Å². The fourth-order valence-corrected chi connectivity index (χ4v) is 7.00. The highest BCUT2D eigenvalue weighted by Crippen LogP contribution is 2.43. The lowest BCUT2D eigenvalue weighted by molar-refractivity contribution is 0.0695. The third-order valence-corrected chi connectivity index (χ3v) is 10.0. The molecule has 0 spiro atoms. The van der Waals surface area contributed by atoms with E-state index in [2.05, 4.69) is 56.6 Å². The van der Waals surface area contributed by atoms with E-state index < -0.39 is 11.4 Å². The average Bonchev–Trinajstić information content (AvgIpc) is 3.64. The highest BCUT2D eigenvalue weighted by Gasteiger charge is 2.31. The Labute approximate surface area is 235 Å². The summed E-state index contributed by atoms with van der Waals surface area (Å²) in [5.74, 6) is -0.112. The fourth-order valence-electron chi connectivity index (χ4n) is 4.26. The lowest BCUT2D eigenvalue weighted by atomic mass is 9.95. The van der Waals surface area contributed by atoms with Gasteiger partial charge in [-0.25, -0.2) is 4.79 Å². The van der Waals surface area contributed by atoms with Gasteiger partial charge < -0.3 is 25.0 Å². The predicted octanol–water partition coefficient (Wildman–Crippen LogP) is 2.20. The lowest BCUT2D eigenvalue weighted by Crippen LogP contribution is -2.46. The molecule has 2 aliphatic rings. The van der Waals surface area contributed by atoms with Crippen molar-refractivity contribution in [2.24, 2.45) is 11.7 Å². The number of methoxy groups -OCH3 is 1. The zero-order valence-electron chi connectivity index (χ0n) is 18.9. The van der Waals surface area contributed by atoms with Crippen molar-refractivity contribution in [2.75, 3.05) is 25.1 Å². The Kier molecular flexibility index (Phi) is 12.9. The number of piperidine rings is 1. The molecule has 4 rings (SSSR count). The number of aromatic carboxylic acids is 1. The van der Waals surface area contributed by atoms with Crippen LogP contribution < -0.4 is 20.8 Å². The van der Waals surface area contributed by atoms with Crippen molar-refractivity contribution in [3.63, 3.8) is 0 Å². The molecule has 3 N–H and O–H groups in total. The Morgan fingerprint density at radius 2 is 1.80 bits per heavy atom. The normalized spacial score (nSPS) is 18.8. The molecule has 7 nitrogen and oxygen atoms in total. The third kappa shape index (κ3) is 8.10. The SMILES string of the molecule is COc1c(N2C[C@@H](C)C[C@H](N)C2)ccc2c(=O)c(C(=O)O)cn(C3CC3)c12.S=S=S.S=S=S=S=S. The number of nitrogens with two attached hydrogens (primary N) is 1. The number of aromatic nitrogens is 1. The van der Waals surface area contributed by atoms with E-state index in [1.807, 2.05) is 10.6 Å². The van der Waals surface area contributed by atoms with Gasteiger partial charge in [0.2, 0.25) is 5.43 Å². The van der Waals surface area contributed by atoms with Crippen LogP contribution in [0, 0.1) is 5.92 Å². The van der Waals surface area contributed by atoms with E-state index in [-0.39, 0.29) is 17.6 Å². The Hall–Kier alpha value is -0.780. The Balaban J connectivity index is 0.000000473. The maximum absolute atomic E-state index is 12.7. The minimum Gasteiger partial charge on any atom is -0.492 e. The zero-order chi connectivity index (χ0) is 26.1. The van der Waals surface area contributed by atoms with E-state index in [9.17, 15) is 14.7 Å². The van der Waals surface area contributed by atoms with Gasteiger partial charge in [-0.15, -0.1) is 0 Å². The van der Waals surface area contributed by atoms with E-state index in [1.54, 1.807) is 13.2 Å². The van der Waals surface area contributed by atoms with Gasteiger partial charge in [-0.1, -0.05) is 6.92 Å². The van der Waals surface area contributed by atoms with Gasteiger partial charge in [0.1, 0.15) is 5.56 Å². The molecule has 1 aliphatic heterocycles. The molecule has 2 fully saturated rings. The number of fused-ring (bicyclic) bond motifs is 1. The van der Waals surface area contributed by atoms with Gasteiger partial charge in [0.25, 0.3) is 0 Å². The first kappa shape index (κ1) is 30.4. The molecule has 0 unspecified atom stereocenters. The van der Waals surface area contributed by atoms with Gasteiger partial charge >= 0.3 is 5.97 Å². The van der Waals surface area contributed by atoms with Crippen molar-refractivity contribution in [1.82, 2.24) is 4.57 Å². The second-order valence-corrected chi connectivity index (χ2v) is 15.2. The highest BCUT2D eigenvalue weighted by atomic mass is 33.3. The summed E-state index contributed by atoms with van der Waals surface area (Å²) in [5, 5.41) is 9.81. The van der Waals surface area contributed by atoms with Crippen LogP contribution >= 0.6 is 0 Å². The fraction of sp³-hybridized carbons (Fsp3) is 0.500. The van der Waals surface area contributed by atoms with Gasteiger partial charge in [-0.3, -0.25) is 4.79 Å². The summed E-state index contributed by atoms with van der Waals surface area (Å²) in [6, 6.07) is 3.88. The largest absolute Gasteiger partial charge is 0.492 e. The summed E-state index contributed by atoms with van der Waals surface area (Å²) in [4.78, 5) is 26.5. The molecule has 1 aromatic heterocycles. The first-order valence-electron chi connectivity index (χ1n) is 10.4. The Morgan fingerprint density at radius 1 is 1.17 bits per heavy atom. The summed E-state index contributed by atoms with van der Waals surface area (Å²) in [7, 11) is 6.46. The number of nitrogens with zero attached hydrogens (tertiary/aromatic N) is 2. The first-order valence-corrected chi connectivity index (χ1v) is 18.4. The summed E-state index contributed by atoms with van der Waals surface area (Å²) in [6.07, 6.45) is 4.40. The van der Waals surface area contributed by atoms with Crippen LogP contribution in [0.1, 0.15) is 42.6 Å². The Morgan fingerprint density at radius 3 is 2.26 bits per heavy atom. The van der Waals surface area contributed by atoms with E-state index in [0.29, 0.717) is 22.6 Å². The van der Waals surface area contributed by atoms with Gasteiger partial charge in [0, 0.05) is 112 Å². The number of carboxylic acids is 1. The molecule has 0 amide bonds. The molecule has 2 atom stereocenters. The minimum absolute atomic E-state index is 0.0918. The molecular weight excluding hydrogens is 603 g/mol. The topological polar surface area (TPSA) is 97.8 Å². The van der Waals surface area contributed by atoms with Crippen LogP contribution in [0.2, 0.25) is 0 Å². The highest BCUT2D eigenvalue weighted by molar-refractivity contribution is 8.59. The van der Waals surface area contributed by atoms with Crippen molar-refractivity contribution in [3.05, 3.63) is 34.1 Å². The maximum atomic E-state index is 12.7. The molecule has 35 heavy (non-hydrogen) atoms. The predicted molar refractivity (Wildman–Crippen MR) is 163 cm³/mol. The Bertz CT molecular complexity index is 1280. The summed E-state index contributed by atoms with van der Waals surface area (Å²) in [5.41, 5.74) is 7.14. The van der Waals surface area contributed by atoms with Gasteiger partial charge in [0.15, 0.2) is 5.75 Å². The molecule has 0 bridgehead atoms. The van der Waals surface area contributed by atoms with E-state index >= 15 is 0 Å². The number of carboxylic acid groups (broad SMARTS) is 1. The maximum Gasteiger partial charge on any atom is 0.341 e. The second-order valence-electron chi connectivity index (χ2n) is 8.11. The number of benzene rings is 1. The summed E-state index contributed by atoms with van der Waals surface area (Å²) >= 11 is 17.1. The van der Waals surface area contributed by atoms with E-state index in [0.717, 1.165) is 46.9 Å². The number of pyridine rings is 1. The number of anilines is 1. The second kappa shape index (κ2) is 14.8. The third-order valence-electron chi connectivity index (χ3n) is 5.59. The average molecular weight is 628 g/mol. The van der Waals surface area contributed by atoms with Crippen LogP contribution in [0.15, 0.2) is 23.1 Å². The van der Waals surface area contributed by atoms with Gasteiger partial charge in [0.05, 0.1) is 23.7 Å². The molecule has 2 aromatic rings. The number of carbonyl (C=O) groups is 1. The first-order chi connectivity index (χ1) is 16.7. The quantitative estimate of drug-likeness (QED) is 0.525. The molecule has 1 saturated carbocycles. The van der Waals surface area contributed by atoms with E-state index in [4.69, 9.17) is 10.5 Å². The van der Waals surface area contributed by atoms with Gasteiger partial charge in [-0.2, -0.15) is 0 Å². The van der Waals surface area contributed by atoms with Crippen molar-refractivity contribution in [1.29, 1.82) is 0 Å². The number of rotatable bonds is 4. The monoisotopic (exact) mass is 627 g/mol. The van der Waals surface area contributed by atoms with Crippen LogP contribution in [0.4, 0.5) is 5.69 Å². The molecule has 192 valence electrons. The molecule has 0 radical (unpaired) electrons. The van der Waals surface area contributed by atoms with Crippen LogP contribution in [0.25, 0.3) is 10.9 Å². The zero-order valence-corrected chi connectivity index (χ0v) is 25.4. The van der Waals surface area contributed by atoms with Gasteiger partial charge in [-0.05, 0) is 37.3 Å². The molecular formula is C20H25N3O4S8. The standard InChI is InChI=1S/C20H25N3O4.S5.S3/c1-11-7-12(21)9-22(8-11)16-6-5-14-17(19(16)27-2)23(13-3-4-13)10-15(18(14)24)20(25)26;1-3-5-4-2;1-3-2/h5-6,10-13H,3-4,7-9,21H2,1-2H3,(H,25,26);;/t11-,12-;;/m0../s1. The minimum atomic E-state index is -1.20. The van der Waals surface area contributed by atoms with Crippen molar-refractivity contribution in [2.45, 2.75) is 38.3 Å². The van der Waals surface area contributed by atoms with Crippen LogP contribution in [0.5, 0.6) is 5.75 Å². The molecule has 1 aromatic carbocycles. The van der Waals surface area contributed by atoms with Crippen molar-refractivity contribution >= 4 is 103 Å². The van der Waals surface area contributed by atoms with Crippen LogP contribution in [0.3, 0.4) is 0 Å². The molecule has 2 heterocycles. The van der Waals surface area contributed by atoms with Crippen molar-refractivity contribution < 1.29 is 14.6 Å². The number of hydrogen-bond donors (Lipinski definition) is 2. The summed E-state index contributed by atoms with van der Waals surface area (Å²) < 4.78 is 7.68. The molecule has 1 saturated heterocycles. The number of hydrogen-bond acceptors (Lipinski definition) is 9. The smallest absolute Gasteiger partial charge is 0.341 e. The molecule has 1 aliphatic carbocycles. The summed E-state index contributed by atoms with van der Waals surface area (Å²) in [6.45, 7) is 3.78. The molecule has 15 heteroatoms. The van der Waals surface area contributed by atoms with Crippen LogP contribution in [-0.4, -0.2) is 41.9 Å². The van der Waals surface area contributed by atoms with Crippen molar-refractivity contribution in [3.8, 4) is 5.75 Å². The lowest BCUT2D eigenvalue weighted by Gasteiger charge is -2.37.